The number of carbonyl (C=O) groups is 2. The summed E-state index contributed by atoms with van der Waals surface area (Å²) in [6, 6.07) is 6.42. The van der Waals surface area contributed by atoms with Gasteiger partial charge in [0, 0.05) is 86.3 Å². The second-order valence-electron chi connectivity index (χ2n) is 12.4. The molecule has 1 aromatic carbocycles. The molecule has 0 atom stereocenters. The molecule has 0 spiro atoms. The highest BCUT2D eigenvalue weighted by atomic mass is 19.1. The van der Waals surface area contributed by atoms with Crippen LogP contribution in [0.1, 0.15) is 59.9 Å². The molecule has 45 heavy (non-hydrogen) atoms. The molecule has 7 rings (SSSR count). The third-order valence-corrected chi connectivity index (χ3v) is 9.44. The Labute approximate surface area is 261 Å². The number of nitrogens with zero attached hydrogens (tertiary/aromatic N) is 7. The first-order chi connectivity index (χ1) is 21.9. The highest BCUT2D eigenvalue weighted by Crippen LogP contribution is 2.38. The Morgan fingerprint density at radius 2 is 1.84 bits per heavy atom. The molecule has 1 N–H and O–H groups in total. The largest absolute Gasteiger partial charge is 0.348 e. The van der Waals surface area contributed by atoms with Gasteiger partial charge < -0.3 is 14.8 Å². The number of halogens is 1. The summed E-state index contributed by atoms with van der Waals surface area (Å²) in [5, 5.41) is 8.40. The quantitative estimate of drug-likeness (QED) is 0.316. The Kier molecular flexibility index (Phi) is 7.95. The van der Waals surface area contributed by atoms with Crippen LogP contribution in [0, 0.1) is 12.7 Å². The topological polar surface area (TPSA) is 103 Å². The van der Waals surface area contributed by atoms with Gasteiger partial charge in [-0.15, -0.1) is 5.10 Å². The van der Waals surface area contributed by atoms with Crippen molar-refractivity contribution in [1.82, 2.24) is 39.7 Å². The molecule has 0 unspecified atom stereocenters. The lowest BCUT2D eigenvalue weighted by Crippen LogP contribution is -2.49. The number of fused-ring (bicyclic) bond motifs is 1. The summed E-state index contributed by atoms with van der Waals surface area (Å²) in [4.78, 5) is 40.8. The van der Waals surface area contributed by atoms with Gasteiger partial charge >= 0.3 is 0 Å². The molecule has 11 heteroatoms. The van der Waals surface area contributed by atoms with Crippen LogP contribution in [0.2, 0.25) is 0 Å². The van der Waals surface area contributed by atoms with Crippen molar-refractivity contribution >= 4 is 28.3 Å². The normalized spacial score (nSPS) is 17.6. The first-order valence-corrected chi connectivity index (χ1v) is 16.0. The predicted octanol–water partition coefficient (Wildman–Crippen LogP) is 4.46. The van der Waals surface area contributed by atoms with Crippen molar-refractivity contribution in [3.05, 3.63) is 71.2 Å². The summed E-state index contributed by atoms with van der Waals surface area (Å²) < 4.78 is 18.2. The van der Waals surface area contributed by atoms with Crippen LogP contribution in [0.25, 0.3) is 27.6 Å². The van der Waals surface area contributed by atoms with Crippen LogP contribution in [0.15, 0.2) is 42.9 Å². The van der Waals surface area contributed by atoms with Gasteiger partial charge in [0.1, 0.15) is 5.69 Å². The zero-order chi connectivity index (χ0) is 31.1. The Balaban J connectivity index is 1.22. The molecular formula is C34H39FN8O2. The fraction of sp³-hybridized carbons (Fsp3) is 0.441. The van der Waals surface area contributed by atoms with E-state index in [2.05, 4.69) is 38.2 Å². The molecule has 1 saturated carbocycles. The number of H-pyrrole nitrogens is 1. The van der Waals surface area contributed by atoms with Gasteiger partial charge in [0.2, 0.25) is 5.91 Å². The predicted molar refractivity (Wildman–Crippen MR) is 170 cm³/mol. The summed E-state index contributed by atoms with van der Waals surface area (Å²) in [5.74, 6) is -0.529. The van der Waals surface area contributed by atoms with Crippen molar-refractivity contribution < 1.29 is 14.0 Å². The number of carbonyl (C=O) groups excluding carboxylic acids is 2. The number of amides is 2. The number of hydrogen-bond acceptors (Lipinski definition) is 6. The van der Waals surface area contributed by atoms with Crippen molar-refractivity contribution in [2.75, 3.05) is 39.3 Å². The molecule has 234 valence electrons. The van der Waals surface area contributed by atoms with Crippen LogP contribution in [0.3, 0.4) is 0 Å². The summed E-state index contributed by atoms with van der Waals surface area (Å²) >= 11 is 0. The maximum atomic E-state index is 16.6. The first kappa shape index (κ1) is 29.3. The lowest BCUT2D eigenvalue weighted by atomic mass is 9.92. The molecule has 5 heterocycles. The van der Waals surface area contributed by atoms with Crippen molar-refractivity contribution in [1.29, 1.82) is 0 Å². The Bertz CT molecular complexity index is 1770. The highest BCUT2D eigenvalue weighted by molar-refractivity contribution is 6.05. The number of hydrogen-bond donors (Lipinski definition) is 1. The molecule has 10 nitrogen and oxygen atoms in total. The Hall–Kier alpha value is -4.38. The van der Waals surface area contributed by atoms with E-state index in [4.69, 9.17) is 0 Å². The van der Waals surface area contributed by atoms with E-state index in [1.165, 1.54) is 12.8 Å². The molecule has 3 aliphatic rings. The van der Waals surface area contributed by atoms with Gasteiger partial charge in [-0.3, -0.25) is 24.2 Å². The van der Waals surface area contributed by atoms with E-state index in [9.17, 15) is 9.59 Å². The standard InChI is InChI=1S/C34H39FN8O2/c1-3-24-17-22(2)29(20-36-24)27-18-26(23-5-4-10-42(21-23)31(44)8-11-43-12-9-37-39-43)32(35)33-28(27)19-30(38-33)34(45)41-15-13-40(14-16-41)25-6-7-25/h5,9,12,17-20,25,38H,3-4,6-8,10-11,13-16,21H2,1-2H3. The number of aryl methyl sites for hydroxylation is 3. The van der Waals surface area contributed by atoms with Gasteiger partial charge in [-0.25, -0.2) is 4.39 Å². The van der Waals surface area contributed by atoms with Gasteiger partial charge in [0.05, 0.1) is 18.3 Å². The van der Waals surface area contributed by atoms with Gasteiger partial charge in [-0.05, 0) is 67.5 Å². The molecular weight excluding hydrogens is 571 g/mol. The van der Waals surface area contributed by atoms with Gasteiger partial charge in [0.25, 0.3) is 5.91 Å². The Morgan fingerprint density at radius 3 is 2.56 bits per heavy atom. The monoisotopic (exact) mass is 610 g/mol. The molecule has 1 saturated heterocycles. The summed E-state index contributed by atoms with van der Waals surface area (Å²) in [6.45, 7) is 8.51. The van der Waals surface area contributed by atoms with Crippen molar-refractivity contribution in [2.45, 2.75) is 58.5 Å². The third kappa shape index (κ3) is 5.88. The lowest BCUT2D eigenvalue weighted by molar-refractivity contribution is -0.131. The number of nitrogens with one attached hydrogen (secondary N) is 1. The molecule has 1 aliphatic carbocycles. The Morgan fingerprint density at radius 1 is 1.02 bits per heavy atom. The zero-order valence-corrected chi connectivity index (χ0v) is 25.9. The van der Waals surface area contributed by atoms with E-state index in [1.807, 2.05) is 30.2 Å². The van der Waals surface area contributed by atoms with E-state index in [0.29, 0.717) is 67.3 Å². The number of aromatic nitrogens is 5. The van der Waals surface area contributed by atoms with Crippen LogP contribution in [-0.2, 0) is 17.8 Å². The van der Waals surface area contributed by atoms with Crippen LogP contribution in [-0.4, -0.2) is 96.8 Å². The van der Waals surface area contributed by atoms with Gasteiger partial charge in [0.15, 0.2) is 5.82 Å². The molecule has 3 aromatic heterocycles. The number of rotatable bonds is 8. The lowest BCUT2D eigenvalue weighted by Gasteiger charge is -2.34. The minimum absolute atomic E-state index is 0.0115. The second kappa shape index (κ2) is 12.2. The van der Waals surface area contributed by atoms with Crippen molar-refractivity contribution in [3.63, 3.8) is 0 Å². The van der Waals surface area contributed by atoms with Crippen LogP contribution >= 0.6 is 0 Å². The minimum Gasteiger partial charge on any atom is -0.348 e. The average Bonchev–Trinajstić information content (AvgIpc) is 3.59. The summed E-state index contributed by atoms with van der Waals surface area (Å²) in [6.07, 6.45) is 11.4. The van der Waals surface area contributed by atoms with Crippen molar-refractivity contribution in [2.24, 2.45) is 0 Å². The molecule has 2 fully saturated rings. The zero-order valence-electron chi connectivity index (χ0n) is 25.9. The molecule has 4 aromatic rings. The first-order valence-electron chi connectivity index (χ1n) is 16.0. The average molecular weight is 611 g/mol. The van der Waals surface area contributed by atoms with Gasteiger partial charge in [-0.1, -0.05) is 18.2 Å². The maximum Gasteiger partial charge on any atom is 0.270 e. The molecule has 0 radical (unpaired) electrons. The molecule has 0 bridgehead atoms. The van der Waals surface area contributed by atoms with Gasteiger partial charge in [-0.2, -0.15) is 0 Å². The second-order valence-corrected chi connectivity index (χ2v) is 12.4. The minimum atomic E-state index is -0.412. The SMILES string of the molecule is CCc1cc(C)c(-c2cc(C3=CCCN(C(=O)CCn4ccnn4)C3)c(F)c3[nH]c(C(=O)N4CCN(C5CC5)CC4)cc23)cn1. The van der Waals surface area contributed by atoms with E-state index in [1.54, 1.807) is 28.0 Å². The van der Waals surface area contributed by atoms with E-state index < -0.39 is 5.82 Å². The fourth-order valence-electron chi connectivity index (χ4n) is 6.69. The highest BCUT2D eigenvalue weighted by Gasteiger charge is 2.33. The smallest absolute Gasteiger partial charge is 0.270 e. The van der Waals surface area contributed by atoms with Crippen molar-refractivity contribution in [3.8, 4) is 11.1 Å². The third-order valence-electron chi connectivity index (χ3n) is 9.44. The van der Waals surface area contributed by atoms with E-state index in [0.717, 1.165) is 47.5 Å². The summed E-state index contributed by atoms with van der Waals surface area (Å²) in [7, 11) is 0. The number of pyridine rings is 1. The van der Waals surface area contributed by atoms with E-state index in [-0.39, 0.29) is 18.2 Å². The van der Waals surface area contributed by atoms with Crippen LogP contribution in [0.4, 0.5) is 4.39 Å². The summed E-state index contributed by atoms with van der Waals surface area (Å²) in [5.41, 5.74) is 5.62. The fourth-order valence-corrected chi connectivity index (χ4v) is 6.69. The van der Waals surface area contributed by atoms with Crippen LogP contribution in [0.5, 0.6) is 0 Å². The maximum absolute atomic E-state index is 16.6. The number of aromatic amines is 1. The number of benzene rings is 1. The number of piperazine rings is 1. The molecule has 2 aliphatic heterocycles. The molecule has 2 amide bonds. The van der Waals surface area contributed by atoms with Crippen LogP contribution < -0.4 is 0 Å². The van der Waals surface area contributed by atoms with E-state index >= 15 is 4.39 Å².